The van der Waals surface area contributed by atoms with E-state index in [4.69, 9.17) is 9.47 Å². The van der Waals surface area contributed by atoms with Gasteiger partial charge in [-0.15, -0.1) is 0 Å². The zero-order valence-corrected chi connectivity index (χ0v) is 17.5. The fourth-order valence-electron chi connectivity index (χ4n) is 5.07. The maximum atomic E-state index is 12.5. The third kappa shape index (κ3) is 4.93. The van der Waals surface area contributed by atoms with Gasteiger partial charge in [0.1, 0.15) is 5.75 Å². The van der Waals surface area contributed by atoms with Crippen molar-refractivity contribution < 1.29 is 19.4 Å². The number of carbonyl (C=O) groups excluding carboxylic acids is 1. The summed E-state index contributed by atoms with van der Waals surface area (Å²) in [6, 6.07) is 8.11. The van der Waals surface area contributed by atoms with E-state index in [1.807, 2.05) is 36.1 Å². The van der Waals surface area contributed by atoms with Crippen molar-refractivity contribution in [3.05, 3.63) is 29.8 Å². The Kier molecular flexibility index (Phi) is 6.42. The molecule has 0 radical (unpaired) electrons. The quantitative estimate of drug-likeness (QED) is 0.791. The van der Waals surface area contributed by atoms with Gasteiger partial charge in [-0.1, -0.05) is 17.7 Å². The lowest BCUT2D eigenvalue weighted by atomic mass is 9.76. The van der Waals surface area contributed by atoms with Crippen LogP contribution in [0, 0.1) is 12.3 Å². The summed E-state index contributed by atoms with van der Waals surface area (Å²) in [5.74, 6) is 0.811. The molecule has 1 N–H and O–H groups in total. The van der Waals surface area contributed by atoms with Gasteiger partial charge in [-0.2, -0.15) is 0 Å². The first kappa shape index (κ1) is 20.6. The highest BCUT2D eigenvalue weighted by atomic mass is 16.5. The number of benzene rings is 1. The molecule has 1 aromatic carbocycles. The standard InChI is InChI=1S/C23H34N2O4/c1-18-4-6-20(7-5-18)28-16-22(27)24-11-8-23(9-12-24)13-21(29-17-23)14-25-10-2-3-19(25)15-26/h4-7,19,21,26H,2-3,8-17H2,1H3/t19-,21-/m0/s1. The van der Waals surface area contributed by atoms with E-state index in [2.05, 4.69) is 4.90 Å². The molecule has 4 rings (SSSR count). The molecule has 3 fully saturated rings. The van der Waals surface area contributed by atoms with Crippen molar-refractivity contribution >= 4 is 5.91 Å². The molecule has 6 heteroatoms. The Morgan fingerprint density at radius 1 is 1.24 bits per heavy atom. The van der Waals surface area contributed by atoms with Gasteiger partial charge in [-0.05, 0) is 63.1 Å². The molecule has 3 saturated heterocycles. The van der Waals surface area contributed by atoms with Gasteiger partial charge >= 0.3 is 0 Å². The Morgan fingerprint density at radius 3 is 2.72 bits per heavy atom. The summed E-state index contributed by atoms with van der Waals surface area (Å²) in [6.07, 6.45) is 5.60. The van der Waals surface area contributed by atoms with E-state index in [-0.39, 0.29) is 30.6 Å². The van der Waals surface area contributed by atoms with E-state index >= 15 is 0 Å². The lowest BCUT2D eigenvalue weighted by Crippen LogP contribution is -2.45. The van der Waals surface area contributed by atoms with Gasteiger partial charge in [0, 0.05) is 25.7 Å². The minimum Gasteiger partial charge on any atom is -0.484 e. The first-order chi connectivity index (χ1) is 14.1. The summed E-state index contributed by atoms with van der Waals surface area (Å²) in [5.41, 5.74) is 1.40. The molecule has 0 bridgehead atoms. The van der Waals surface area contributed by atoms with Crippen LogP contribution in [-0.4, -0.2) is 79.0 Å². The van der Waals surface area contributed by atoms with Gasteiger partial charge in [0.25, 0.3) is 5.91 Å². The van der Waals surface area contributed by atoms with Gasteiger partial charge in [0.05, 0.1) is 19.3 Å². The number of amides is 1. The molecule has 1 spiro atoms. The molecular weight excluding hydrogens is 368 g/mol. The van der Waals surface area contributed by atoms with Crippen LogP contribution in [0.1, 0.15) is 37.7 Å². The zero-order chi connectivity index (χ0) is 20.3. The molecule has 0 aromatic heterocycles. The molecular formula is C23H34N2O4. The Bertz CT molecular complexity index is 685. The normalized spacial score (nSPS) is 26.9. The molecule has 6 nitrogen and oxygen atoms in total. The first-order valence-corrected chi connectivity index (χ1v) is 11.0. The van der Waals surface area contributed by atoms with Gasteiger partial charge < -0.3 is 19.5 Å². The number of carbonyl (C=O) groups is 1. The van der Waals surface area contributed by atoms with E-state index in [9.17, 15) is 9.90 Å². The predicted molar refractivity (Wildman–Crippen MR) is 111 cm³/mol. The number of rotatable bonds is 6. The van der Waals surface area contributed by atoms with Crippen molar-refractivity contribution in [3.63, 3.8) is 0 Å². The molecule has 0 saturated carbocycles. The fraction of sp³-hybridized carbons (Fsp3) is 0.696. The van der Waals surface area contributed by atoms with E-state index in [1.165, 1.54) is 12.0 Å². The number of piperidine rings is 1. The summed E-state index contributed by atoms with van der Waals surface area (Å²) in [4.78, 5) is 16.9. The zero-order valence-electron chi connectivity index (χ0n) is 17.5. The number of aryl methyl sites for hydroxylation is 1. The number of aliphatic hydroxyl groups excluding tert-OH is 1. The van der Waals surface area contributed by atoms with Crippen molar-refractivity contribution in [2.45, 2.75) is 51.2 Å². The number of hydrogen-bond acceptors (Lipinski definition) is 5. The largest absolute Gasteiger partial charge is 0.484 e. The fourth-order valence-corrected chi connectivity index (χ4v) is 5.07. The summed E-state index contributed by atoms with van der Waals surface area (Å²) < 4.78 is 11.8. The van der Waals surface area contributed by atoms with E-state index in [0.717, 1.165) is 64.2 Å². The van der Waals surface area contributed by atoms with Crippen LogP contribution >= 0.6 is 0 Å². The highest BCUT2D eigenvalue weighted by Crippen LogP contribution is 2.42. The minimum atomic E-state index is 0.0683. The molecule has 1 amide bonds. The van der Waals surface area contributed by atoms with E-state index in [1.54, 1.807) is 0 Å². The summed E-state index contributed by atoms with van der Waals surface area (Å²) in [6.45, 7) is 6.76. The van der Waals surface area contributed by atoms with Crippen molar-refractivity contribution in [3.8, 4) is 5.75 Å². The van der Waals surface area contributed by atoms with Crippen LogP contribution in [0.3, 0.4) is 0 Å². The molecule has 3 aliphatic rings. The number of hydrogen-bond donors (Lipinski definition) is 1. The van der Waals surface area contributed by atoms with Crippen LogP contribution in [0.25, 0.3) is 0 Å². The van der Waals surface area contributed by atoms with Crippen molar-refractivity contribution in [1.29, 1.82) is 0 Å². The predicted octanol–water partition coefficient (Wildman–Crippen LogP) is 2.23. The average molecular weight is 403 g/mol. The highest BCUT2D eigenvalue weighted by molar-refractivity contribution is 5.77. The Hall–Kier alpha value is -1.63. The first-order valence-electron chi connectivity index (χ1n) is 11.0. The van der Waals surface area contributed by atoms with Gasteiger partial charge in [0.2, 0.25) is 0 Å². The summed E-state index contributed by atoms with van der Waals surface area (Å²) in [5, 5.41) is 9.53. The molecule has 0 aliphatic carbocycles. The number of aliphatic hydroxyl groups is 1. The average Bonchev–Trinajstić information content (AvgIpc) is 3.35. The minimum absolute atomic E-state index is 0.0683. The van der Waals surface area contributed by atoms with Crippen LogP contribution in [0.4, 0.5) is 0 Å². The van der Waals surface area contributed by atoms with Crippen LogP contribution in [0.15, 0.2) is 24.3 Å². The number of likely N-dealkylation sites (tertiary alicyclic amines) is 2. The molecule has 3 aliphatic heterocycles. The second-order valence-corrected chi connectivity index (χ2v) is 9.09. The van der Waals surface area contributed by atoms with Gasteiger partial charge in [-0.3, -0.25) is 9.69 Å². The lowest BCUT2D eigenvalue weighted by Gasteiger charge is -2.38. The van der Waals surface area contributed by atoms with Crippen LogP contribution in [0.5, 0.6) is 5.75 Å². The van der Waals surface area contributed by atoms with Crippen LogP contribution in [0.2, 0.25) is 0 Å². The molecule has 3 heterocycles. The number of ether oxygens (including phenoxy) is 2. The van der Waals surface area contributed by atoms with Crippen molar-refractivity contribution in [2.75, 3.05) is 46.0 Å². The second-order valence-electron chi connectivity index (χ2n) is 9.09. The molecule has 0 unspecified atom stereocenters. The van der Waals surface area contributed by atoms with Gasteiger partial charge in [0.15, 0.2) is 6.61 Å². The van der Waals surface area contributed by atoms with Crippen LogP contribution < -0.4 is 4.74 Å². The monoisotopic (exact) mass is 402 g/mol. The van der Waals surface area contributed by atoms with Gasteiger partial charge in [-0.25, -0.2) is 0 Å². The molecule has 29 heavy (non-hydrogen) atoms. The van der Waals surface area contributed by atoms with Crippen molar-refractivity contribution in [2.24, 2.45) is 5.41 Å². The molecule has 160 valence electrons. The SMILES string of the molecule is Cc1ccc(OCC(=O)N2CCC3(CC2)CO[C@H](CN2CCC[C@H]2CO)C3)cc1. The van der Waals surface area contributed by atoms with Crippen molar-refractivity contribution in [1.82, 2.24) is 9.80 Å². The molecule has 2 atom stereocenters. The maximum absolute atomic E-state index is 12.5. The Balaban J connectivity index is 1.21. The number of nitrogens with zero attached hydrogens (tertiary/aromatic N) is 2. The molecule has 1 aromatic rings. The maximum Gasteiger partial charge on any atom is 0.260 e. The lowest BCUT2D eigenvalue weighted by molar-refractivity contribution is -0.135. The summed E-state index contributed by atoms with van der Waals surface area (Å²) >= 11 is 0. The topological polar surface area (TPSA) is 62.2 Å². The Labute approximate surface area is 173 Å². The summed E-state index contributed by atoms with van der Waals surface area (Å²) in [7, 11) is 0. The third-order valence-electron chi connectivity index (χ3n) is 6.99. The third-order valence-corrected chi connectivity index (χ3v) is 6.99. The van der Waals surface area contributed by atoms with Crippen LogP contribution in [-0.2, 0) is 9.53 Å². The van der Waals surface area contributed by atoms with E-state index < -0.39 is 0 Å². The van der Waals surface area contributed by atoms with E-state index in [0.29, 0.717) is 6.04 Å². The Morgan fingerprint density at radius 2 is 2.00 bits per heavy atom. The highest BCUT2D eigenvalue weighted by Gasteiger charge is 2.44. The second kappa shape index (κ2) is 9.02. The smallest absolute Gasteiger partial charge is 0.260 e.